The molecular formula is C18H18N2O2S. The van der Waals surface area contributed by atoms with Crippen molar-refractivity contribution in [3.63, 3.8) is 0 Å². The fourth-order valence-corrected chi connectivity index (χ4v) is 2.15. The Kier molecular flexibility index (Phi) is 6.32. The molecule has 0 spiro atoms. The lowest BCUT2D eigenvalue weighted by Gasteiger charge is -2.10. The molecule has 0 heterocycles. The molecule has 0 saturated heterocycles. The summed E-state index contributed by atoms with van der Waals surface area (Å²) in [4.78, 5) is 12.1. The Labute approximate surface area is 141 Å². The zero-order valence-corrected chi connectivity index (χ0v) is 13.4. The van der Waals surface area contributed by atoms with Crippen LogP contribution in [0.5, 0.6) is 0 Å². The Morgan fingerprint density at radius 3 is 2.57 bits per heavy atom. The minimum absolute atomic E-state index is 0.0705. The number of carbonyl (C=O) groups is 1. The highest BCUT2D eigenvalue weighted by Gasteiger charge is 2.05. The molecule has 0 atom stereocenters. The first-order chi connectivity index (χ1) is 11.2. The minimum atomic E-state index is -0.0705. The van der Waals surface area contributed by atoms with E-state index < -0.39 is 0 Å². The van der Waals surface area contributed by atoms with Gasteiger partial charge in [0, 0.05) is 11.4 Å². The van der Waals surface area contributed by atoms with Crippen LogP contribution in [0.4, 0.5) is 11.4 Å². The van der Waals surface area contributed by atoms with Crippen LogP contribution in [-0.4, -0.2) is 17.7 Å². The summed E-state index contributed by atoms with van der Waals surface area (Å²) in [5, 5.41) is 6.10. The van der Waals surface area contributed by atoms with Gasteiger partial charge in [0.05, 0.1) is 6.42 Å². The Morgan fingerprint density at radius 1 is 1.09 bits per heavy atom. The number of hydrogen-bond donors (Lipinski definition) is 2. The van der Waals surface area contributed by atoms with Gasteiger partial charge in [-0.3, -0.25) is 4.79 Å². The van der Waals surface area contributed by atoms with Gasteiger partial charge in [0.1, 0.15) is 6.61 Å². The third kappa shape index (κ3) is 5.92. The summed E-state index contributed by atoms with van der Waals surface area (Å²) in [5.41, 5.74) is 2.45. The van der Waals surface area contributed by atoms with Crippen molar-refractivity contribution in [2.75, 3.05) is 17.2 Å². The summed E-state index contributed by atoms with van der Waals surface area (Å²) in [6.45, 7) is 3.92. The van der Waals surface area contributed by atoms with Crippen LogP contribution >= 0.6 is 12.2 Å². The molecular weight excluding hydrogens is 308 g/mol. The second-order valence-electron chi connectivity index (χ2n) is 4.80. The second kappa shape index (κ2) is 8.70. The third-order valence-corrected chi connectivity index (χ3v) is 3.15. The normalized spacial score (nSPS) is 9.74. The molecule has 0 aliphatic rings. The summed E-state index contributed by atoms with van der Waals surface area (Å²) < 4.78 is 5.22. The van der Waals surface area contributed by atoms with Crippen LogP contribution in [0, 0.1) is 0 Å². The highest BCUT2D eigenvalue weighted by Crippen LogP contribution is 2.13. The quantitative estimate of drug-likeness (QED) is 0.627. The predicted octanol–water partition coefficient (Wildman–Crippen LogP) is 3.77. The van der Waals surface area contributed by atoms with Crippen LogP contribution in [0.25, 0.3) is 0 Å². The topological polar surface area (TPSA) is 50.4 Å². The number of rotatable bonds is 6. The molecule has 5 heteroatoms. The zero-order chi connectivity index (χ0) is 16.5. The molecule has 0 saturated carbocycles. The Morgan fingerprint density at radius 2 is 1.83 bits per heavy atom. The van der Waals surface area contributed by atoms with Crippen molar-refractivity contribution in [2.45, 2.75) is 6.42 Å². The van der Waals surface area contributed by atoms with E-state index in [9.17, 15) is 4.79 Å². The number of para-hydroxylation sites is 1. The molecule has 0 radical (unpaired) electrons. The van der Waals surface area contributed by atoms with Gasteiger partial charge in [-0.2, -0.15) is 0 Å². The van der Waals surface area contributed by atoms with Crippen molar-refractivity contribution in [1.82, 2.24) is 0 Å². The summed E-state index contributed by atoms with van der Waals surface area (Å²) in [5.74, 6) is -0.0705. The van der Waals surface area contributed by atoms with Crippen molar-refractivity contribution < 1.29 is 9.53 Å². The predicted molar refractivity (Wildman–Crippen MR) is 97.6 cm³/mol. The molecule has 2 N–H and O–H groups in total. The van der Waals surface area contributed by atoms with Crippen LogP contribution < -0.4 is 10.6 Å². The maximum atomic E-state index is 12.1. The molecule has 0 aliphatic heterocycles. The van der Waals surface area contributed by atoms with Crippen LogP contribution in [0.2, 0.25) is 0 Å². The highest BCUT2D eigenvalue weighted by molar-refractivity contribution is 7.80. The number of ether oxygens (including phenoxy) is 1. The fraction of sp³-hybridized carbons (Fsp3) is 0.111. The Bertz CT molecular complexity index is 686. The molecule has 0 unspecified atom stereocenters. The zero-order valence-electron chi connectivity index (χ0n) is 12.6. The minimum Gasteiger partial charge on any atom is -0.467 e. The van der Waals surface area contributed by atoms with Crippen LogP contribution in [0.1, 0.15) is 5.56 Å². The monoisotopic (exact) mass is 326 g/mol. The lowest BCUT2D eigenvalue weighted by molar-refractivity contribution is -0.115. The maximum Gasteiger partial charge on any atom is 0.261 e. The Balaban J connectivity index is 1.92. The number of thiocarbonyl (C=S) groups is 1. The largest absolute Gasteiger partial charge is 0.467 e. The van der Waals surface area contributed by atoms with Crippen LogP contribution in [-0.2, 0) is 16.0 Å². The average Bonchev–Trinajstić information content (AvgIpc) is 2.54. The smallest absolute Gasteiger partial charge is 0.261 e. The number of amides is 1. The summed E-state index contributed by atoms with van der Waals surface area (Å²) in [6.07, 6.45) is 1.91. The standard InChI is InChI=1S/C18H18N2O2S/c1-2-11-22-18(23)20-16-10-6-7-14(12-16)13-17(21)19-15-8-4-3-5-9-15/h2-10,12H,1,11,13H2,(H,19,21)(H,20,23). The number of nitrogens with one attached hydrogen (secondary N) is 2. The second-order valence-corrected chi connectivity index (χ2v) is 5.17. The summed E-state index contributed by atoms with van der Waals surface area (Å²) >= 11 is 5.06. The van der Waals surface area contributed by atoms with Gasteiger partial charge in [-0.1, -0.05) is 43.0 Å². The first-order valence-electron chi connectivity index (χ1n) is 7.16. The van der Waals surface area contributed by atoms with E-state index in [-0.39, 0.29) is 17.5 Å². The third-order valence-electron chi connectivity index (χ3n) is 2.93. The van der Waals surface area contributed by atoms with Gasteiger partial charge in [-0.25, -0.2) is 0 Å². The average molecular weight is 326 g/mol. The molecule has 118 valence electrons. The van der Waals surface area contributed by atoms with E-state index in [0.29, 0.717) is 6.61 Å². The van der Waals surface area contributed by atoms with Crippen LogP contribution in [0.3, 0.4) is 0 Å². The van der Waals surface area contributed by atoms with Gasteiger partial charge in [-0.05, 0) is 42.0 Å². The van der Waals surface area contributed by atoms with Crippen molar-refractivity contribution in [3.8, 4) is 0 Å². The van der Waals surface area contributed by atoms with E-state index >= 15 is 0 Å². The molecule has 2 aromatic carbocycles. The van der Waals surface area contributed by atoms with Gasteiger partial charge in [0.15, 0.2) is 0 Å². The molecule has 2 aromatic rings. The molecule has 0 fully saturated rings. The van der Waals surface area contributed by atoms with Crippen molar-refractivity contribution in [2.24, 2.45) is 0 Å². The van der Waals surface area contributed by atoms with Gasteiger partial charge in [0.25, 0.3) is 5.17 Å². The molecule has 1 amide bonds. The van der Waals surface area contributed by atoms with E-state index in [0.717, 1.165) is 16.9 Å². The Hall–Kier alpha value is -2.66. The first kappa shape index (κ1) is 16.7. The number of hydrogen-bond acceptors (Lipinski definition) is 3. The summed E-state index contributed by atoms with van der Waals surface area (Å²) in [7, 11) is 0. The lowest BCUT2D eigenvalue weighted by Crippen LogP contribution is -2.15. The van der Waals surface area contributed by atoms with Gasteiger partial charge in [0.2, 0.25) is 5.91 Å². The van der Waals surface area contributed by atoms with E-state index in [4.69, 9.17) is 17.0 Å². The maximum absolute atomic E-state index is 12.1. The van der Waals surface area contributed by atoms with Crippen molar-refractivity contribution in [1.29, 1.82) is 0 Å². The van der Waals surface area contributed by atoms with Crippen molar-refractivity contribution >= 4 is 34.7 Å². The van der Waals surface area contributed by atoms with E-state index in [1.54, 1.807) is 6.08 Å². The highest BCUT2D eigenvalue weighted by atomic mass is 32.1. The fourth-order valence-electron chi connectivity index (χ4n) is 1.96. The van der Waals surface area contributed by atoms with E-state index in [2.05, 4.69) is 17.2 Å². The molecule has 0 bridgehead atoms. The molecule has 23 heavy (non-hydrogen) atoms. The molecule has 0 aliphatic carbocycles. The molecule has 2 rings (SSSR count). The summed E-state index contributed by atoms with van der Waals surface area (Å²) in [6, 6.07) is 16.9. The lowest BCUT2D eigenvalue weighted by atomic mass is 10.1. The van der Waals surface area contributed by atoms with Gasteiger partial charge in [-0.15, -0.1) is 0 Å². The number of anilines is 2. The molecule has 0 aromatic heterocycles. The number of benzene rings is 2. The van der Waals surface area contributed by atoms with Crippen molar-refractivity contribution in [3.05, 3.63) is 72.8 Å². The first-order valence-corrected chi connectivity index (χ1v) is 7.56. The SMILES string of the molecule is C=CCOC(=S)Nc1cccc(CC(=O)Nc2ccccc2)c1. The van der Waals surface area contributed by atoms with E-state index in [1.165, 1.54) is 0 Å². The molecule has 4 nitrogen and oxygen atoms in total. The van der Waals surface area contributed by atoms with Gasteiger partial charge >= 0.3 is 0 Å². The van der Waals surface area contributed by atoms with Gasteiger partial charge < -0.3 is 15.4 Å². The van der Waals surface area contributed by atoms with E-state index in [1.807, 2.05) is 54.6 Å². The van der Waals surface area contributed by atoms with Crippen LogP contribution in [0.15, 0.2) is 67.3 Å². The number of carbonyl (C=O) groups excluding carboxylic acids is 1.